The third kappa shape index (κ3) is 1.99. The Labute approximate surface area is 101 Å². The second-order valence-corrected chi connectivity index (χ2v) is 5.52. The number of fused-ring (bicyclic) bond motifs is 2. The largest absolute Gasteiger partial charge is 0.395 e. The Morgan fingerprint density at radius 3 is 2.88 bits per heavy atom. The van der Waals surface area contributed by atoms with Crippen molar-refractivity contribution in [2.75, 3.05) is 17.6 Å². The van der Waals surface area contributed by atoms with Gasteiger partial charge in [-0.1, -0.05) is 12.5 Å². The van der Waals surface area contributed by atoms with Gasteiger partial charge in [0.2, 0.25) is 0 Å². The lowest BCUT2D eigenvalue weighted by molar-refractivity contribution is 0.348. The van der Waals surface area contributed by atoms with Crippen LogP contribution in [0.3, 0.4) is 0 Å². The summed E-state index contributed by atoms with van der Waals surface area (Å²) in [4.78, 5) is 0. The maximum absolute atomic E-state index is 13.3. The van der Waals surface area contributed by atoms with E-state index in [4.69, 9.17) is 5.73 Å². The van der Waals surface area contributed by atoms with Crippen LogP contribution in [0.4, 0.5) is 15.8 Å². The second-order valence-electron chi connectivity index (χ2n) is 5.52. The minimum atomic E-state index is -0.331. The number of anilines is 2. The van der Waals surface area contributed by atoms with Crippen LogP contribution in [0.15, 0.2) is 18.2 Å². The van der Waals surface area contributed by atoms with Crippen LogP contribution in [0, 0.1) is 23.6 Å². The van der Waals surface area contributed by atoms with Crippen LogP contribution < -0.4 is 11.1 Å². The van der Waals surface area contributed by atoms with Crippen LogP contribution in [0.1, 0.15) is 25.7 Å². The van der Waals surface area contributed by atoms with Gasteiger partial charge in [0.25, 0.3) is 0 Å². The van der Waals surface area contributed by atoms with E-state index in [0.29, 0.717) is 0 Å². The molecule has 3 N–H and O–H groups in total. The molecule has 2 nitrogen and oxygen atoms in total. The molecule has 2 saturated carbocycles. The molecule has 2 aliphatic carbocycles. The number of nitrogen functional groups attached to an aromatic ring is 1. The number of hydrogen-bond acceptors (Lipinski definition) is 2. The maximum Gasteiger partial charge on any atom is 0.148 e. The normalized spacial score (nSPS) is 30.8. The van der Waals surface area contributed by atoms with Crippen molar-refractivity contribution in [1.29, 1.82) is 0 Å². The number of nitrogens with two attached hydrogens (primary N) is 1. The lowest BCUT2D eigenvalue weighted by Crippen LogP contribution is -2.20. The van der Waals surface area contributed by atoms with Crippen LogP contribution in [0.25, 0.3) is 0 Å². The summed E-state index contributed by atoms with van der Waals surface area (Å²) in [6.07, 6.45) is 5.55. The average Bonchev–Trinajstić information content (AvgIpc) is 2.93. The zero-order valence-corrected chi connectivity index (χ0v) is 9.95. The SMILES string of the molecule is Nc1c(F)cccc1NCC1CC2CCC1C2. The highest BCUT2D eigenvalue weighted by Gasteiger charge is 2.39. The van der Waals surface area contributed by atoms with Gasteiger partial charge in [-0.3, -0.25) is 0 Å². The van der Waals surface area contributed by atoms with Crippen molar-refractivity contribution in [1.82, 2.24) is 0 Å². The van der Waals surface area contributed by atoms with Gasteiger partial charge in [-0.25, -0.2) is 4.39 Å². The highest BCUT2D eigenvalue weighted by atomic mass is 19.1. The first kappa shape index (κ1) is 10.9. The van der Waals surface area contributed by atoms with Gasteiger partial charge in [-0.15, -0.1) is 0 Å². The highest BCUT2D eigenvalue weighted by Crippen LogP contribution is 2.48. The summed E-state index contributed by atoms with van der Waals surface area (Å²) in [5, 5.41) is 3.32. The molecule has 3 heteroatoms. The molecular weight excluding hydrogens is 215 g/mol. The molecule has 2 bridgehead atoms. The molecule has 2 fully saturated rings. The number of nitrogens with one attached hydrogen (secondary N) is 1. The van der Waals surface area contributed by atoms with Gasteiger partial charge in [0.1, 0.15) is 5.82 Å². The monoisotopic (exact) mass is 234 g/mol. The Hall–Kier alpha value is -1.25. The zero-order chi connectivity index (χ0) is 11.8. The fourth-order valence-corrected chi connectivity index (χ4v) is 3.56. The van der Waals surface area contributed by atoms with Gasteiger partial charge in [-0.2, -0.15) is 0 Å². The van der Waals surface area contributed by atoms with Crippen molar-refractivity contribution < 1.29 is 4.39 Å². The fraction of sp³-hybridized carbons (Fsp3) is 0.571. The van der Waals surface area contributed by atoms with Crippen molar-refractivity contribution >= 4 is 11.4 Å². The van der Waals surface area contributed by atoms with E-state index in [-0.39, 0.29) is 11.5 Å². The van der Waals surface area contributed by atoms with Crippen LogP contribution in [-0.4, -0.2) is 6.54 Å². The summed E-state index contributed by atoms with van der Waals surface area (Å²) in [5.41, 5.74) is 6.70. The second kappa shape index (κ2) is 4.21. The minimum Gasteiger partial charge on any atom is -0.395 e. The number of rotatable bonds is 3. The molecule has 0 saturated heterocycles. The Bertz CT molecular complexity index is 419. The Balaban J connectivity index is 1.62. The zero-order valence-electron chi connectivity index (χ0n) is 9.95. The number of benzene rings is 1. The molecule has 17 heavy (non-hydrogen) atoms. The van der Waals surface area contributed by atoms with Gasteiger partial charge < -0.3 is 11.1 Å². The van der Waals surface area contributed by atoms with E-state index in [1.165, 1.54) is 31.7 Å². The summed E-state index contributed by atoms with van der Waals surface area (Å²) in [7, 11) is 0. The van der Waals surface area contributed by atoms with Crippen LogP contribution in [0.5, 0.6) is 0 Å². The molecule has 0 aromatic heterocycles. The highest BCUT2D eigenvalue weighted by molar-refractivity contribution is 5.66. The Morgan fingerprint density at radius 1 is 1.29 bits per heavy atom. The number of para-hydroxylation sites is 1. The first-order chi connectivity index (χ1) is 8.24. The molecule has 3 unspecified atom stereocenters. The van der Waals surface area contributed by atoms with E-state index in [0.717, 1.165) is 30.0 Å². The minimum absolute atomic E-state index is 0.246. The van der Waals surface area contributed by atoms with Crippen molar-refractivity contribution in [2.45, 2.75) is 25.7 Å². The molecule has 92 valence electrons. The molecule has 3 atom stereocenters. The molecule has 1 aromatic rings. The summed E-state index contributed by atoms with van der Waals surface area (Å²) < 4.78 is 13.3. The summed E-state index contributed by atoms with van der Waals surface area (Å²) in [6.45, 7) is 0.939. The van der Waals surface area contributed by atoms with E-state index >= 15 is 0 Å². The Kier molecular flexibility index (Phi) is 2.69. The van der Waals surface area contributed by atoms with Crippen molar-refractivity contribution in [3.05, 3.63) is 24.0 Å². The molecule has 2 aliphatic rings. The first-order valence-corrected chi connectivity index (χ1v) is 6.52. The number of halogens is 1. The van der Waals surface area contributed by atoms with Crippen LogP contribution in [-0.2, 0) is 0 Å². The average molecular weight is 234 g/mol. The van der Waals surface area contributed by atoms with E-state index < -0.39 is 0 Å². The quantitative estimate of drug-likeness (QED) is 0.788. The Morgan fingerprint density at radius 2 is 2.18 bits per heavy atom. The summed E-state index contributed by atoms with van der Waals surface area (Å²) in [5.74, 6) is 2.28. The standard InChI is InChI=1S/C14H19FN2/c15-12-2-1-3-13(14(12)16)17-8-11-7-9-4-5-10(11)6-9/h1-3,9-11,17H,4-8,16H2. The van der Waals surface area contributed by atoms with E-state index in [1.807, 2.05) is 6.07 Å². The van der Waals surface area contributed by atoms with Crippen LogP contribution in [0.2, 0.25) is 0 Å². The topological polar surface area (TPSA) is 38.0 Å². The smallest absolute Gasteiger partial charge is 0.148 e. The first-order valence-electron chi connectivity index (χ1n) is 6.52. The van der Waals surface area contributed by atoms with Crippen molar-refractivity contribution in [3.8, 4) is 0 Å². The van der Waals surface area contributed by atoms with E-state index in [9.17, 15) is 4.39 Å². The lowest BCUT2D eigenvalue weighted by Gasteiger charge is -2.22. The summed E-state index contributed by atoms with van der Waals surface area (Å²) in [6, 6.07) is 4.96. The summed E-state index contributed by atoms with van der Waals surface area (Å²) >= 11 is 0. The molecule has 3 rings (SSSR count). The predicted molar refractivity (Wildman–Crippen MR) is 68.2 cm³/mol. The van der Waals surface area contributed by atoms with Gasteiger partial charge in [0.05, 0.1) is 11.4 Å². The molecule has 0 aliphatic heterocycles. The van der Waals surface area contributed by atoms with Gasteiger partial charge in [0, 0.05) is 6.54 Å². The van der Waals surface area contributed by atoms with E-state index in [2.05, 4.69) is 5.32 Å². The molecule has 0 heterocycles. The lowest BCUT2D eigenvalue weighted by atomic mass is 9.89. The van der Waals surface area contributed by atoms with Crippen LogP contribution >= 0.6 is 0 Å². The van der Waals surface area contributed by atoms with Gasteiger partial charge in [-0.05, 0) is 49.1 Å². The fourth-order valence-electron chi connectivity index (χ4n) is 3.56. The maximum atomic E-state index is 13.3. The molecule has 0 radical (unpaired) electrons. The number of hydrogen-bond donors (Lipinski definition) is 2. The third-order valence-electron chi connectivity index (χ3n) is 4.49. The van der Waals surface area contributed by atoms with E-state index in [1.54, 1.807) is 6.07 Å². The van der Waals surface area contributed by atoms with Gasteiger partial charge >= 0.3 is 0 Å². The van der Waals surface area contributed by atoms with Crippen molar-refractivity contribution in [2.24, 2.45) is 17.8 Å². The third-order valence-corrected chi connectivity index (χ3v) is 4.49. The molecule has 0 spiro atoms. The molecule has 1 aromatic carbocycles. The molecule has 0 amide bonds. The predicted octanol–water partition coefficient (Wildman–Crippen LogP) is 3.26. The van der Waals surface area contributed by atoms with Gasteiger partial charge in [0.15, 0.2) is 0 Å². The molecular formula is C14H19FN2. The van der Waals surface area contributed by atoms with Crippen molar-refractivity contribution in [3.63, 3.8) is 0 Å².